The zero-order valence-corrected chi connectivity index (χ0v) is 9.15. The molecule has 0 atom stereocenters. The number of methoxy groups -OCH3 is 1. The van der Waals surface area contributed by atoms with Crippen LogP contribution in [-0.2, 0) is 4.74 Å². The van der Waals surface area contributed by atoms with Crippen molar-refractivity contribution in [2.45, 2.75) is 6.92 Å². The van der Waals surface area contributed by atoms with Gasteiger partial charge in [0.2, 0.25) is 0 Å². The van der Waals surface area contributed by atoms with E-state index < -0.39 is 0 Å². The Morgan fingerprint density at radius 2 is 2.31 bits per heavy atom. The summed E-state index contributed by atoms with van der Waals surface area (Å²) < 4.78 is 4.69. The second-order valence-corrected chi connectivity index (χ2v) is 3.45. The molecule has 2 aromatic heterocycles. The normalized spacial score (nSPS) is 10.1. The molecule has 0 saturated heterocycles. The lowest BCUT2D eigenvalue weighted by Crippen LogP contribution is -2.00. The standard InChI is InChI=1S/C12H12N2O2/c1-8-10(12(15)16-2)6-11(14-8)9-4-3-5-13-7-9/h3-7,14H,1-2H3. The number of esters is 1. The van der Waals surface area contributed by atoms with Gasteiger partial charge >= 0.3 is 5.97 Å². The van der Waals surface area contributed by atoms with Gasteiger partial charge in [-0.15, -0.1) is 0 Å². The lowest BCUT2D eigenvalue weighted by molar-refractivity contribution is 0.0600. The Balaban J connectivity index is 2.42. The first-order chi connectivity index (χ1) is 7.72. The Morgan fingerprint density at radius 3 is 2.94 bits per heavy atom. The van der Waals surface area contributed by atoms with Gasteiger partial charge in [-0.3, -0.25) is 4.98 Å². The lowest BCUT2D eigenvalue weighted by Gasteiger charge is -1.94. The van der Waals surface area contributed by atoms with Crippen LogP contribution in [0, 0.1) is 6.92 Å². The third-order valence-electron chi connectivity index (χ3n) is 2.39. The highest BCUT2D eigenvalue weighted by Crippen LogP contribution is 2.21. The van der Waals surface area contributed by atoms with E-state index in [1.807, 2.05) is 19.1 Å². The Labute approximate surface area is 93.3 Å². The van der Waals surface area contributed by atoms with E-state index in [4.69, 9.17) is 4.74 Å². The predicted molar refractivity (Wildman–Crippen MR) is 60.1 cm³/mol. The molecular formula is C12H12N2O2. The SMILES string of the molecule is COC(=O)c1cc(-c2cccnc2)[nH]c1C. The van der Waals surface area contributed by atoms with Crippen LogP contribution in [0.25, 0.3) is 11.3 Å². The summed E-state index contributed by atoms with van der Waals surface area (Å²) in [5.74, 6) is -0.330. The zero-order chi connectivity index (χ0) is 11.5. The van der Waals surface area contributed by atoms with Gasteiger partial charge in [0, 0.05) is 29.3 Å². The highest BCUT2D eigenvalue weighted by atomic mass is 16.5. The lowest BCUT2D eigenvalue weighted by atomic mass is 10.2. The minimum Gasteiger partial charge on any atom is -0.465 e. The molecule has 0 unspecified atom stereocenters. The molecule has 0 bridgehead atoms. The minimum atomic E-state index is -0.330. The van der Waals surface area contributed by atoms with Crippen molar-refractivity contribution in [2.75, 3.05) is 7.11 Å². The fourth-order valence-corrected chi connectivity index (χ4v) is 1.56. The number of hydrogen-bond acceptors (Lipinski definition) is 3. The summed E-state index contributed by atoms with van der Waals surface area (Å²) in [6.07, 6.45) is 3.45. The summed E-state index contributed by atoms with van der Waals surface area (Å²) in [6.45, 7) is 1.84. The van der Waals surface area contributed by atoms with Crippen molar-refractivity contribution in [3.8, 4) is 11.3 Å². The first kappa shape index (κ1) is 10.4. The minimum absolute atomic E-state index is 0.330. The number of ether oxygens (including phenoxy) is 1. The zero-order valence-electron chi connectivity index (χ0n) is 9.15. The van der Waals surface area contributed by atoms with Crippen LogP contribution < -0.4 is 0 Å². The Morgan fingerprint density at radius 1 is 1.50 bits per heavy atom. The number of carbonyl (C=O) groups excluding carboxylic acids is 1. The van der Waals surface area contributed by atoms with Crippen molar-refractivity contribution in [3.05, 3.63) is 41.9 Å². The number of aromatic amines is 1. The molecule has 1 N–H and O–H groups in total. The second-order valence-electron chi connectivity index (χ2n) is 3.45. The topological polar surface area (TPSA) is 55.0 Å². The highest BCUT2D eigenvalue weighted by Gasteiger charge is 2.13. The van der Waals surface area contributed by atoms with E-state index in [0.717, 1.165) is 17.0 Å². The Bertz CT molecular complexity index is 503. The molecule has 2 rings (SSSR count). The average molecular weight is 216 g/mol. The van der Waals surface area contributed by atoms with Gasteiger partial charge in [0.15, 0.2) is 0 Å². The van der Waals surface area contributed by atoms with Crippen molar-refractivity contribution in [1.29, 1.82) is 0 Å². The van der Waals surface area contributed by atoms with Gasteiger partial charge in [-0.2, -0.15) is 0 Å². The summed E-state index contributed by atoms with van der Waals surface area (Å²) in [6, 6.07) is 5.56. The molecule has 0 spiro atoms. The fourth-order valence-electron chi connectivity index (χ4n) is 1.56. The van der Waals surface area contributed by atoms with Crippen LogP contribution >= 0.6 is 0 Å². The number of aryl methyl sites for hydroxylation is 1. The number of nitrogens with one attached hydrogen (secondary N) is 1. The summed E-state index contributed by atoms with van der Waals surface area (Å²) >= 11 is 0. The largest absolute Gasteiger partial charge is 0.465 e. The van der Waals surface area contributed by atoms with Gasteiger partial charge in [0.1, 0.15) is 0 Å². The number of hydrogen-bond donors (Lipinski definition) is 1. The van der Waals surface area contributed by atoms with Crippen molar-refractivity contribution in [1.82, 2.24) is 9.97 Å². The van der Waals surface area contributed by atoms with Crippen molar-refractivity contribution < 1.29 is 9.53 Å². The molecule has 0 aliphatic heterocycles. The Hall–Kier alpha value is -2.10. The summed E-state index contributed by atoms with van der Waals surface area (Å²) in [7, 11) is 1.37. The molecule has 2 heterocycles. The van der Waals surface area contributed by atoms with Crippen molar-refractivity contribution >= 4 is 5.97 Å². The maximum Gasteiger partial charge on any atom is 0.339 e. The van der Waals surface area contributed by atoms with E-state index >= 15 is 0 Å². The molecular weight excluding hydrogens is 204 g/mol. The number of rotatable bonds is 2. The third kappa shape index (κ3) is 1.82. The molecule has 0 radical (unpaired) electrons. The summed E-state index contributed by atoms with van der Waals surface area (Å²) in [5.41, 5.74) is 3.17. The van der Waals surface area contributed by atoms with Crippen molar-refractivity contribution in [3.63, 3.8) is 0 Å². The molecule has 0 aliphatic rings. The maximum atomic E-state index is 11.4. The number of aromatic nitrogens is 2. The molecule has 0 aliphatic carbocycles. The summed E-state index contributed by atoms with van der Waals surface area (Å²) in [4.78, 5) is 18.6. The van der Waals surface area contributed by atoms with Crippen LogP contribution in [0.5, 0.6) is 0 Å². The molecule has 82 valence electrons. The van der Waals surface area contributed by atoms with Gasteiger partial charge in [-0.05, 0) is 25.1 Å². The quantitative estimate of drug-likeness (QED) is 0.783. The average Bonchev–Trinajstić information content (AvgIpc) is 2.71. The first-order valence-corrected chi connectivity index (χ1v) is 4.90. The highest BCUT2D eigenvalue weighted by molar-refractivity contribution is 5.92. The summed E-state index contributed by atoms with van der Waals surface area (Å²) in [5, 5.41) is 0. The number of pyridine rings is 1. The van der Waals surface area contributed by atoms with E-state index in [0.29, 0.717) is 5.56 Å². The monoisotopic (exact) mass is 216 g/mol. The molecule has 0 aromatic carbocycles. The molecule has 4 heteroatoms. The van der Waals surface area contributed by atoms with Gasteiger partial charge in [0.05, 0.1) is 12.7 Å². The number of H-pyrrole nitrogens is 1. The van der Waals surface area contributed by atoms with Crippen LogP contribution in [0.1, 0.15) is 16.1 Å². The van der Waals surface area contributed by atoms with Crippen LogP contribution in [0.4, 0.5) is 0 Å². The molecule has 0 saturated carbocycles. The van der Waals surface area contributed by atoms with Gasteiger partial charge in [-0.1, -0.05) is 0 Å². The molecule has 0 amide bonds. The Kier molecular flexibility index (Phi) is 2.72. The number of nitrogens with zero attached hydrogens (tertiary/aromatic N) is 1. The first-order valence-electron chi connectivity index (χ1n) is 4.90. The molecule has 16 heavy (non-hydrogen) atoms. The van der Waals surface area contributed by atoms with Crippen molar-refractivity contribution in [2.24, 2.45) is 0 Å². The smallest absolute Gasteiger partial charge is 0.339 e. The fraction of sp³-hybridized carbons (Fsp3) is 0.167. The third-order valence-corrected chi connectivity index (χ3v) is 2.39. The van der Waals surface area contributed by atoms with Crippen LogP contribution in [0.3, 0.4) is 0 Å². The van der Waals surface area contributed by atoms with E-state index in [9.17, 15) is 4.79 Å². The van der Waals surface area contributed by atoms with Gasteiger partial charge in [-0.25, -0.2) is 4.79 Å². The number of carbonyl (C=O) groups is 1. The van der Waals surface area contributed by atoms with E-state index in [1.165, 1.54) is 7.11 Å². The van der Waals surface area contributed by atoms with E-state index in [2.05, 4.69) is 9.97 Å². The maximum absolute atomic E-state index is 11.4. The van der Waals surface area contributed by atoms with Crippen LogP contribution in [0.15, 0.2) is 30.6 Å². The van der Waals surface area contributed by atoms with Gasteiger partial charge in [0.25, 0.3) is 0 Å². The van der Waals surface area contributed by atoms with Gasteiger partial charge < -0.3 is 9.72 Å². The van der Waals surface area contributed by atoms with Crippen LogP contribution in [0.2, 0.25) is 0 Å². The second kappa shape index (κ2) is 4.18. The van der Waals surface area contributed by atoms with E-state index in [-0.39, 0.29) is 5.97 Å². The van der Waals surface area contributed by atoms with Crippen LogP contribution in [-0.4, -0.2) is 23.0 Å². The molecule has 0 fully saturated rings. The van der Waals surface area contributed by atoms with E-state index in [1.54, 1.807) is 18.5 Å². The predicted octanol–water partition coefficient (Wildman–Crippen LogP) is 2.17. The molecule has 4 nitrogen and oxygen atoms in total. The molecule has 2 aromatic rings.